The summed E-state index contributed by atoms with van der Waals surface area (Å²) in [4.78, 5) is 0. The first-order chi connectivity index (χ1) is 10.0. The molecule has 120 valence electrons. The van der Waals surface area contributed by atoms with Gasteiger partial charge in [-0.2, -0.15) is 13.2 Å². The molecular formula is C15H22F3NO2. The normalized spacial score (nSPS) is 11.6. The molecule has 1 N–H and O–H groups in total. The number of hydrogen-bond acceptors (Lipinski definition) is 3. The van der Waals surface area contributed by atoms with E-state index in [0.717, 1.165) is 44.7 Å². The van der Waals surface area contributed by atoms with Gasteiger partial charge in [0.05, 0.1) is 5.56 Å². The zero-order chi connectivity index (χ0) is 15.6. The van der Waals surface area contributed by atoms with Crippen LogP contribution in [0, 0.1) is 0 Å². The Morgan fingerprint density at radius 1 is 1.00 bits per heavy atom. The van der Waals surface area contributed by atoms with E-state index in [2.05, 4.69) is 5.32 Å². The molecule has 0 heterocycles. The van der Waals surface area contributed by atoms with Crippen molar-refractivity contribution in [1.29, 1.82) is 0 Å². The standard InChI is InChI=1S/C15H22F3NO2/c1-2-20-11-4-3-9-19-10-12-21-14-7-5-13(6-8-14)15(16,17)18/h5-8,19H,2-4,9-12H2,1H3. The minimum absolute atomic E-state index is 0.427. The van der Waals surface area contributed by atoms with Gasteiger partial charge in [0.15, 0.2) is 0 Å². The molecule has 0 unspecified atom stereocenters. The second kappa shape index (κ2) is 9.63. The van der Waals surface area contributed by atoms with Crippen LogP contribution in [0.5, 0.6) is 5.75 Å². The Kier molecular flexibility index (Phi) is 8.15. The van der Waals surface area contributed by atoms with Crippen molar-refractivity contribution in [3.8, 4) is 5.75 Å². The number of unbranched alkanes of at least 4 members (excludes halogenated alkanes) is 1. The van der Waals surface area contributed by atoms with Gasteiger partial charge in [0.1, 0.15) is 12.4 Å². The molecule has 0 aliphatic carbocycles. The van der Waals surface area contributed by atoms with Gasteiger partial charge in [0.2, 0.25) is 0 Å². The average molecular weight is 305 g/mol. The Hall–Kier alpha value is -1.27. The van der Waals surface area contributed by atoms with E-state index in [0.29, 0.717) is 18.9 Å². The fraction of sp³-hybridized carbons (Fsp3) is 0.600. The summed E-state index contributed by atoms with van der Waals surface area (Å²) in [5.74, 6) is 0.446. The third kappa shape index (κ3) is 7.92. The van der Waals surface area contributed by atoms with Crippen molar-refractivity contribution in [2.24, 2.45) is 0 Å². The first-order valence-electron chi connectivity index (χ1n) is 7.12. The summed E-state index contributed by atoms with van der Waals surface area (Å²) >= 11 is 0. The molecule has 0 spiro atoms. The van der Waals surface area contributed by atoms with E-state index in [4.69, 9.17) is 9.47 Å². The number of halogens is 3. The van der Waals surface area contributed by atoms with Crippen molar-refractivity contribution in [3.63, 3.8) is 0 Å². The van der Waals surface area contributed by atoms with E-state index < -0.39 is 11.7 Å². The molecule has 1 aromatic rings. The van der Waals surface area contributed by atoms with Gasteiger partial charge in [-0.25, -0.2) is 0 Å². The molecule has 0 aliphatic heterocycles. The highest BCUT2D eigenvalue weighted by atomic mass is 19.4. The monoisotopic (exact) mass is 305 g/mol. The number of rotatable bonds is 10. The molecule has 6 heteroatoms. The maximum Gasteiger partial charge on any atom is 0.416 e. The first kappa shape index (κ1) is 17.8. The van der Waals surface area contributed by atoms with Gasteiger partial charge in [-0.3, -0.25) is 0 Å². The zero-order valence-corrected chi connectivity index (χ0v) is 12.2. The van der Waals surface area contributed by atoms with Crippen molar-refractivity contribution in [1.82, 2.24) is 5.32 Å². The van der Waals surface area contributed by atoms with Crippen molar-refractivity contribution >= 4 is 0 Å². The fourth-order valence-electron chi connectivity index (χ4n) is 1.70. The molecule has 3 nitrogen and oxygen atoms in total. The molecule has 0 saturated heterocycles. The summed E-state index contributed by atoms with van der Waals surface area (Å²) in [7, 11) is 0. The predicted octanol–water partition coefficient (Wildman–Crippen LogP) is 3.49. The molecule has 21 heavy (non-hydrogen) atoms. The number of alkyl halides is 3. The van der Waals surface area contributed by atoms with Crippen LogP contribution in [0.4, 0.5) is 13.2 Å². The van der Waals surface area contributed by atoms with Crippen LogP contribution in [0.3, 0.4) is 0 Å². The summed E-state index contributed by atoms with van der Waals surface area (Å²) in [5.41, 5.74) is -0.665. The Morgan fingerprint density at radius 3 is 2.33 bits per heavy atom. The first-order valence-corrected chi connectivity index (χ1v) is 7.12. The van der Waals surface area contributed by atoms with Crippen LogP contribution in [0.15, 0.2) is 24.3 Å². The predicted molar refractivity (Wildman–Crippen MR) is 75.5 cm³/mol. The number of hydrogen-bond donors (Lipinski definition) is 1. The third-order valence-corrected chi connectivity index (χ3v) is 2.83. The largest absolute Gasteiger partial charge is 0.492 e. The van der Waals surface area contributed by atoms with Crippen LogP contribution in [0.2, 0.25) is 0 Å². The van der Waals surface area contributed by atoms with Crippen LogP contribution in [0.1, 0.15) is 25.3 Å². The average Bonchev–Trinajstić information content (AvgIpc) is 2.45. The summed E-state index contributed by atoms with van der Waals surface area (Å²) in [6, 6.07) is 4.73. The molecule has 1 aromatic carbocycles. The molecule has 0 bridgehead atoms. The summed E-state index contributed by atoms with van der Waals surface area (Å²) < 4.78 is 47.7. The fourth-order valence-corrected chi connectivity index (χ4v) is 1.70. The molecular weight excluding hydrogens is 283 g/mol. The maximum atomic E-state index is 12.4. The molecule has 0 aromatic heterocycles. The molecule has 0 saturated carbocycles. The van der Waals surface area contributed by atoms with Gasteiger partial charge >= 0.3 is 6.18 Å². The van der Waals surface area contributed by atoms with Crippen molar-refractivity contribution in [3.05, 3.63) is 29.8 Å². The molecule has 0 amide bonds. The molecule has 0 atom stereocenters. The van der Waals surface area contributed by atoms with E-state index in [1.54, 1.807) is 0 Å². The summed E-state index contributed by atoms with van der Waals surface area (Å²) in [5, 5.41) is 3.21. The highest BCUT2D eigenvalue weighted by molar-refractivity contribution is 5.28. The van der Waals surface area contributed by atoms with Crippen LogP contribution >= 0.6 is 0 Å². The van der Waals surface area contributed by atoms with Crippen LogP contribution in [-0.2, 0) is 10.9 Å². The Bertz CT molecular complexity index is 380. The molecule has 0 radical (unpaired) electrons. The van der Waals surface area contributed by atoms with Crippen molar-refractivity contribution in [2.75, 3.05) is 32.9 Å². The second-order valence-electron chi connectivity index (χ2n) is 4.52. The lowest BCUT2D eigenvalue weighted by Gasteiger charge is -2.10. The summed E-state index contributed by atoms with van der Waals surface area (Å²) in [6.07, 6.45) is -2.26. The molecule has 0 fully saturated rings. The Balaban J connectivity index is 2.08. The van der Waals surface area contributed by atoms with E-state index >= 15 is 0 Å². The van der Waals surface area contributed by atoms with Gasteiger partial charge in [0, 0.05) is 19.8 Å². The quantitative estimate of drug-likeness (QED) is 0.671. The highest BCUT2D eigenvalue weighted by Crippen LogP contribution is 2.30. The molecule has 1 rings (SSSR count). The number of benzene rings is 1. The zero-order valence-electron chi connectivity index (χ0n) is 12.2. The minimum Gasteiger partial charge on any atom is -0.492 e. The second-order valence-corrected chi connectivity index (χ2v) is 4.52. The van der Waals surface area contributed by atoms with Gasteiger partial charge in [-0.05, 0) is 50.6 Å². The SMILES string of the molecule is CCOCCCCNCCOc1ccc(C(F)(F)F)cc1. The van der Waals surface area contributed by atoms with Gasteiger partial charge in [-0.1, -0.05) is 0 Å². The third-order valence-electron chi connectivity index (χ3n) is 2.83. The van der Waals surface area contributed by atoms with E-state index in [9.17, 15) is 13.2 Å². The van der Waals surface area contributed by atoms with E-state index in [1.807, 2.05) is 6.92 Å². The maximum absolute atomic E-state index is 12.4. The number of ether oxygens (including phenoxy) is 2. The van der Waals surface area contributed by atoms with Crippen LogP contribution in [-0.4, -0.2) is 32.9 Å². The lowest BCUT2D eigenvalue weighted by atomic mass is 10.2. The topological polar surface area (TPSA) is 30.5 Å². The Morgan fingerprint density at radius 2 is 1.71 bits per heavy atom. The smallest absolute Gasteiger partial charge is 0.416 e. The van der Waals surface area contributed by atoms with Gasteiger partial charge in [0.25, 0.3) is 0 Å². The van der Waals surface area contributed by atoms with Crippen LogP contribution < -0.4 is 10.1 Å². The van der Waals surface area contributed by atoms with E-state index in [1.165, 1.54) is 12.1 Å². The van der Waals surface area contributed by atoms with Crippen molar-refractivity contribution < 1.29 is 22.6 Å². The summed E-state index contributed by atoms with van der Waals surface area (Å²) in [6.45, 7) is 5.46. The lowest BCUT2D eigenvalue weighted by Crippen LogP contribution is -2.22. The minimum atomic E-state index is -4.30. The lowest BCUT2D eigenvalue weighted by molar-refractivity contribution is -0.137. The Labute approximate surface area is 123 Å². The van der Waals surface area contributed by atoms with E-state index in [-0.39, 0.29) is 0 Å². The van der Waals surface area contributed by atoms with Gasteiger partial charge in [-0.15, -0.1) is 0 Å². The number of nitrogens with one attached hydrogen (secondary N) is 1. The van der Waals surface area contributed by atoms with Crippen molar-refractivity contribution in [2.45, 2.75) is 25.9 Å². The van der Waals surface area contributed by atoms with Gasteiger partial charge < -0.3 is 14.8 Å². The molecule has 0 aliphatic rings. The highest BCUT2D eigenvalue weighted by Gasteiger charge is 2.29. The van der Waals surface area contributed by atoms with Crippen LogP contribution in [0.25, 0.3) is 0 Å².